The van der Waals surface area contributed by atoms with Gasteiger partial charge in [-0.25, -0.2) is 22.8 Å². The fourth-order valence-corrected chi connectivity index (χ4v) is 5.07. The quantitative estimate of drug-likeness (QED) is 0.401. The molecule has 0 spiro atoms. The predicted molar refractivity (Wildman–Crippen MR) is 123 cm³/mol. The van der Waals surface area contributed by atoms with E-state index in [1.165, 1.54) is 35.5 Å². The Morgan fingerprint density at radius 1 is 1.24 bits per heavy atom. The summed E-state index contributed by atoms with van der Waals surface area (Å²) in [4.78, 5) is 29.7. The fraction of sp³-hybridized carbons (Fsp3) is 0.318. The molecule has 0 bridgehead atoms. The average Bonchev–Trinajstić information content (AvgIpc) is 3.37. The second-order valence-electron chi connectivity index (χ2n) is 8.23. The minimum Gasteiger partial charge on any atom is -0.338 e. The van der Waals surface area contributed by atoms with Gasteiger partial charge < -0.3 is 4.90 Å². The number of likely N-dealkylation sites (tertiary alicyclic amines) is 1. The van der Waals surface area contributed by atoms with Crippen LogP contribution in [0.2, 0.25) is 0 Å². The van der Waals surface area contributed by atoms with Crippen LogP contribution in [0.1, 0.15) is 28.8 Å². The molecule has 1 N–H and O–H groups in total. The van der Waals surface area contributed by atoms with Gasteiger partial charge in [0.25, 0.3) is 11.6 Å². The first kappa shape index (κ1) is 23.5. The Bertz CT molecular complexity index is 1290. The van der Waals surface area contributed by atoms with Crippen LogP contribution >= 0.6 is 0 Å². The number of carbonyl (C=O) groups is 1. The number of sulfonamides is 1. The molecule has 34 heavy (non-hydrogen) atoms. The van der Waals surface area contributed by atoms with Gasteiger partial charge in [-0.1, -0.05) is 17.7 Å². The molecule has 1 amide bonds. The number of hydrogen-bond acceptors (Lipinski definition) is 7. The number of aromatic nitrogens is 3. The highest BCUT2D eigenvalue weighted by Crippen LogP contribution is 2.26. The first-order valence-corrected chi connectivity index (χ1v) is 12.2. The number of carbonyl (C=O) groups excluding carboxylic acids is 1. The highest BCUT2D eigenvalue weighted by Gasteiger charge is 2.28. The minimum absolute atomic E-state index is 0.0673. The Morgan fingerprint density at radius 2 is 2.00 bits per heavy atom. The van der Waals surface area contributed by atoms with E-state index in [4.69, 9.17) is 0 Å². The maximum Gasteiger partial charge on any atom is 0.295 e. The summed E-state index contributed by atoms with van der Waals surface area (Å²) in [5, 5.41) is 15.5. The Labute approximate surface area is 196 Å². The zero-order valence-electron chi connectivity index (χ0n) is 18.5. The number of nitrogens with zero attached hydrogens (tertiary/aromatic N) is 5. The van der Waals surface area contributed by atoms with Gasteiger partial charge in [0.1, 0.15) is 18.3 Å². The summed E-state index contributed by atoms with van der Waals surface area (Å²) in [6.07, 6.45) is 4.09. The van der Waals surface area contributed by atoms with Crippen LogP contribution in [-0.4, -0.2) is 58.5 Å². The third kappa shape index (κ3) is 5.13. The molecule has 11 nitrogen and oxygen atoms in total. The van der Waals surface area contributed by atoms with E-state index in [1.807, 2.05) is 6.92 Å². The number of nitro groups is 1. The lowest BCUT2D eigenvalue weighted by Gasteiger charge is -2.33. The molecule has 2 heterocycles. The van der Waals surface area contributed by atoms with Crippen LogP contribution in [0.25, 0.3) is 5.69 Å². The molecule has 2 aromatic carbocycles. The second-order valence-corrected chi connectivity index (χ2v) is 9.99. The summed E-state index contributed by atoms with van der Waals surface area (Å²) in [6.45, 7) is 2.94. The Balaban J connectivity index is 1.45. The molecule has 3 aromatic rings. The highest BCUT2D eigenvalue weighted by atomic mass is 32.2. The second kappa shape index (κ2) is 9.69. The number of nitro benzene ring substituents is 1. The maximum absolute atomic E-state index is 13.1. The van der Waals surface area contributed by atoms with Gasteiger partial charge in [0, 0.05) is 31.3 Å². The van der Waals surface area contributed by atoms with Gasteiger partial charge in [0.15, 0.2) is 0 Å². The normalized spacial score (nSPS) is 16.4. The van der Waals surface area contributed by atoms with E-state index < -0.39 is 14.9 Å². The largest absolute Gasteiger partial charge is 0.338 e. The lowest BCUT2D eigenvalue weighted by molar-refractivity contribution is -0.384. The predicted octanol–water partition coefficient (Wildman–Crippen LogP) is 2.31. The van der Waals surface area contributed by atoms with Crippen molar-refractivity contribution in [3.05, 3.63) is 76.4 Å². The number of amides is 1. The third-order valence-corrected chi connectivity index (χ3v) is 7.22. The summed E-state index contributed by atoms with van der Waals surface area (Å²) in [5.41, 5.74) is 1.11. The van der Waals surface area contributed by atoms with Crippen LogP contribution in [0.15, 0.2) is 60.0 Å². The number of rotatable bonds is 7. The van der Waals surface area contributed by atoms with Crippen molar-refractivity contribution in [3.8, 4) is 5.69 Å². The molecule has 1 atom stereocenters. The SMILES string of the molecule is Cc1ccc(S(=O)(=O)NCC2CCCN(C(=O)c3ccc(-n4cncn4)c([N+](=O)[O-])c3)C2)cc1. The summed E-state index contributed by atoms with van der Waals surface area (Å²) >= 11 is 0. The van der Waals surface area contributed by atoms with Crippen LogP contribution < -0.4 is 4.72 Å². The lowest BCUT2D eigenvalue weighted by atomic mass is 9.97. The molecule has 12 heteroatoms. The summed E-state index contributed by atoms with van der Waals surface area (Å²) in [6, 6.07) is 10.8. The molecule has 1 aromatic heterocycles. The van der Waals surface area contributed by atoms with E-state index in [0.717, 1.165) is 12.0 Å². The first-order valence-electron chi connectivity index (χ1n) is 10.7. The smallest absolute Gasteiger partial charge is 0.295 e. The molecule has 1 aliphatic rings. The van der Waals surface area contributed by atoms with E-state index in [9.17, 15) is 23.3 Å². The van der Waals surface area contributed by atoms with Crippen LogP contribution in [0.3, 0.4) is 0 Å². The van der Waals surface area contributed by atoms with Crippen molar-refractivity contribution < 1.29 is 18.1 Å². The number of aryl methyl sites for hydroxylation is 1. The van der Waals surface area contributed by atoms with Crippen molar-refractivity contribution >= 4 is 21.6 Å². The average molecular weight is 485 g/mol. The van der Waals surface area contributed by atoms with E-state index in [-0.39, 0.29) is 40.2 Å². The molecule has 1 fully saturated rings. The van der Waals surface area contributed by atoms with Gasteiger partial charge in [0.05, 0.1) is 9.82 Å². The minimum atomic E-state index is -3.65. The number of piperidine rings is 1. The maximum atomic E-state index is 13.1. The van der Waals surface area contributed by atoms with Crippen molar-refractivity contribution in [2.45, 2.75) is 24.7 Å². The summed E-state index contributed by atoms with van der Waals surface area (Å²) in [5.74, 6) is -0.401. The number of benzene rings is 2. The topological polar surface area (TPSA) is 140 Å². The van der Waals surface area contributed by atoms with E-state index >= 15 is 0 Å². The van der Waals surface area contributed by atoms with Gasteiger partial charge in [-0.05, 0) is 49.9 Å². The van der Waals surface area contributed by atoms with Crippen molar-refractivity contribution in [1.29, 1.82) is 0 Å². The standard InChI is InChI=1S/C22H24N6O5S/c1-16-4-7-19(8-5-16)34(32,33)25-12-17-3-2-10-26(13-17)22(29)18-6-9-20(21(11-18)28(30)31)27-15-23-14-24-27/h4-9,11,14-15,17,25H,2-3,10,12-13H2,1H3. The Kier molecular flexibility index (Phi) is 6.70. The van der Waals surface area contributed by atoms with Gasteiger partial charge in [-0.15, -0.1) is 0 Å². The zero-order chi connectivity index (χ0) is 24.3. The van der Waals surface area contributed by atoms with Crippen LogP contribution in [0.4, 0.5) is 5.69 Å². The van der Waals surface area contributed by atoms with Gasteiger partial charge in [0.2, 0.25) is 10.0 Å². The van der Waals surface area contributed by atoms with Gasteiger partial charge in [-0.3, -0.25) is 14.9 Å². The fourth-order valence-electron chi connectivity index (χ4n) is 3.96. The van der Waals surface area contributed by atoms with E-state index in [2.05, 4.69) is 14.8 Å². The lowest BCUT2D eigenvalue weighted by Crippen LogP contribution is -2.43. The molecule has 178 valence electrons. The molecule has 0 radical (unpaired) electrons. The van der Waals surface area contributed by atoms with E-state index in [0.29, 0.717) is 19.5 Å². The monoisotopic (exact) mass is 484 g/mol. The van der Waals surface area contributed by atoms with Crippen molar-refractivity contribution in [3.63, 3.8) is 0 Å². The van der Waals surface area contributed by atoms with Crippen LogP contribution in [-0.2, 0) is 10.0 Å². The van der Waals surface area contributed by atoms with Crippen molar-refractivity contribution in [1.82, 2.24) is 24.4 Å². The molecule has 0 saturated carbocycles. The van der Waals surface area contributed by atoms with Crippen LogP contribution in [0.5, 0.6) is 0 Å². The highest BCUT2D eigenvalue weighted by molar-refractivity contribution is 7.89. The van der Waals surface area contributed by atoms with Crippen molar-refractivity contribution in [2.75, 3.05) is 19.6 Å². The number of nitrogens with one attached hydrogen (secondary N) is 1. The van der Waals surface area contributed by atoms with Gasteiger partial charge in [-0.2, -0.15) is 5.10 Å². The summed E-state index contributed by atoms with van der Waals surface area (Å²) in [7, 11) is -3.65. The van der Waals surface area contributed by atoms with Crippen molar-refractivity contribution in [2.24, 2.45) is 5.92 Å². The molecule has 1 saturated heterocycles. The zero-order valence-corrected chi connectivity index (χ0v) is 19.3. The first-order chi connectivity index (χ1) is 16.2. The molecular weight excluding hydrogens is 460 g/mol. The molecule has 0 aliphatic carbocycles. The molecule has 1 unspecified atom stereocenters. The Morgan fingerprint density at radius 3 is 2.68 bits per heavy atom. The van der Waals surface area contributed by atoms with Crippen LogP contribution in [0, 0.1) is 23.0 Å². The molecule has 1 aliphatic heterocycles. The Hall–Kier alpha value is -3.64. The summed E-state index contributed by atoms with van der Waals surface area (Å²) < 4.78 is 29.1. The third-order valence-electron chi connectivity index (χ3n) is 5.78. The van der Waals surface area contributed by atoms with Gasteiger partial charge >= 0.3 is 0 Å². The van der Waals surface area contributed by atoms with E-state index in [1.54, 1.807) is 29.2 Å². The molecular formula is C22H24N6O5S. The molecule has 4 rings (SSSR count). The number of hydrogen-bond donors (Lipinski definition) is 1.